The molecule has 0 fully saturated rings. The van der Waals surface area contributed by atoms with Gasteiger partial charge in [-0.15, -0.1) is 0 Å². The first-order valence-corrected chi connectivity index (χ1v) is 7.75. The van der Waals surface area contributed by atoms with Gasteiger partial charge in [-0.25, -0.2) is 14.4 Å². The maximum Gasteiger partial charge on any atom is 0.141 e. The molecule has 6 heteroatoms. The van der Waals surface area contributed by atoms with Crippen molar-refractivity contribution in [1.82, 2.24) is 9.97 Å². The molecular weight excluding hydrogens is 329 g/mol. The number of hydrogen-bond acceptors (Lipinski definition) is 4. The third-order valence-electron chi connectivity index (χ3n) is 3.54. The molecule has 0 aliphatic rings. The van der Waals surface area contributed by atoms with Crippen molar-refractivity contribution >= 4 is 17.4 Å². The molecule has 2 N–H and O–H groups in total. The number of aliphatic hydroxyl groups excluding tert-OH is 1. The third kappa shape index (κ3) is 3.88. The summed E-state index contributed by atoms with van der Waals surface area (Å²) >= 11 is 5.81. The van der Waals surface area contributed by atoms with E-state index in [0.717, 1.165) is 5.56 Å². The molecule has 0 spiro atoms. The molecule has 1 heterocycles. The summed E-state index contributed by atoms with van der Waals surface area (Å²) in [5.74, 6) is 0.0919. The van der Waals surface area contributed by atoms with Gasteiger partial charge in [0.15, 0.2) is 0 Å². The van der Waals surface area contributed by atoms with E-state index in [9.17, 15) is 9.50 Å². The number of aliphatic hydroxyl groups is 1. The predicted molar refractivity (Wildman–Crippen MR) is 92.3 cm³/mol. The normalized spacial score (nSPS) is 12.0. The highest BCUT2D eigenvalue weighted by molar-refractivity contribution is 6.31. The van der Waals surface area contributed by atoms with Gasteiger partial charge in [-0.1, -0.05) is 41.9 Å². The fourth-order valence-corrected chi connectivity index (χ4v) is 2.44. The first-order chi connectivity index (χ1) is 11.6. The molecule has 0 saturated carbocycles. The number of rotatable bonds is 5. The summed E-state index contributed by atoms with van der Waals surface area (Å²) in [6.07, 6.45) is 0.758. The van der Waals surface area contributed by atoms with Crippen LogP contribution in [0.4, 0.5) is 10.2 Å². The summed E-state index contributed by atoms with van der Waals surface area (Å²) < 4.78 is 13.3. The van der Waals surface area contributed by atoms with Crippen LogP contribution in [0.2, 0.25) is 5.02 Å². The zero-order chi connectivity index (χ0) is 16.9. The second kappa shape index (κ2) is 7.38. The lowest BCUT2D eigenvalue weighted by molar-refractivity contribution is 0.191. The van der Waals surface area contributed by atoms with E-state index >= 15 is 0 Å². The summed E-state index contributed by atoms with van der Waals surface area (Å²) in [7, 11) is 0. The number of halogens is 2. The maximum atomic E-state index is 13.3. The Morgan fingerprint density at radius 3 is 2.62 bits per heavy atom. The van der Waals surface area contributed by atoms with Gasteiger partial charge in [-0.05, 0) is 23.8 Å². The monoisotopic (exact) mass is 343 g/mol. The largest absolute Gasteiger partial charge is 0.387 e. The summed E-state index contributed by atoms with van der Waals surface area (Å²) in [5, 5.41) is 13.3. The lowest BCUT2D eigenvalue weighted by Gasteiger charge is -2.13. The van der Waals surface area contributed by atoms with Gasteiger partial charge >= 0.3 is 0 Å². The topological polar surface area (TPSA) is 58.0 Å². The Hall–Kier alpha value is -2.50. The molecule has 0 bridgehead atoms. The Morgan fingerprint density at radius 1 is 1.08 bits per heavy atom. The number of benzene rings is 2. The Morgan fingerprint density at radius 2 is 1.88 bits per heavy atom. The van der Waals surface area contributed by atoms with Gasteiger partial charge < -0.3 is 10.4 Å². The van der Waals surface area contributed by atoms with Crippen molar-refractivity contribution in [2.75, 3.05) is 11.9 Å². The molecule has 0 radical (unpaired) electrons. The highest BCUT2D eigenvalue weighted by Crippen LogP contribution is 2.24. The van der Waals surface area contributed by atoms with Crippen LogP contribution in [-0.4, -0.2) is 21.6 Å². The van der Waals surface area contributed by atoms with E-state index in [-0.39, 0.29) is 5.02 Å². The van der Waals surface area contributed by atoms with Gasteiger partial charge in [-0.2, -0.15) is 0 Å². The molecule has 1 aromatic heterocycles. The van der Waals surface area contributed by atoms with Crippen LogP contribution < -0.4 is 5.32 Å². The molecule has 122 valence electrons. The van der Waals surface area contributed by atoms with Crippen LogP contribution in [0.25, 0.3) is 11.3 Å². The predicted octanol–water partition coefficient (Wildman–Crippen LogP) is 4.08. The second-order valence-corrected chi connectivity index (χ2v) is 5.63. The minimum atomic E-state index is -0.648. The summed E-state index contributed by atoms with van der Waals surface area (Å²) in [5.41, 5.74) is 2.13. The number of aromatic nitrogens is 2. The first-order valence-electron chi connectivity index (χ1n) is 7.38. The zero-order valence-electron chi connectivity index (χ0n) is 12.7. The van der Waals surface area contributed by atoms with E-state index in [4.69, 9.17) is 11.6 Å². The van der Waals surface area contributed by atoms with Crippen LogP contribution >= 0.6 is 11.6 Å². The van der Waals surface area contributed by atoms with Crippen LogP contribution in [0.3, 0.4) is 0 Å². The first kappa shape index (κ1) is 16.4. The number of anilines is 1. The highest BCUT2D eigenvalue weighted by atomic mass is 35.5. The van der Waals surface area contributed by atoms with Crippen LogP contribution in [0, 0.1) is 5.82 Å². The van der Waals surface area contributed by atoms with Crippen LogP contribution in [0.1, 0.15) is 11.7 Å². The lowest BCUT2D eigenvalue weighted by atomic mass is 10.1. The van der Waals surface area contributed by atoms with Crippen molar-refractivity contribution in [2.45, 2.75) is 6.10 Å². The molecule has 1 atom stereocenters. The number of nitrogens with zero attached hydrogens (tertiary/aromatic N) is 2. The van der Waals surface area contributed by atoms with Crippen molar-refractivity contribution in [3.8, 4) is 11.3 Å². The van der Waals surface area contributed by atoms with Crippen LogP contribution in [-0.2, 0) is 0 Å². The van der Waals surface area contributed by atoms with Crippen LogP contribution in [0.15, 0.2) is 60.9 Å². The van der Waals surface area contributed by atoms with Crippen molar-refractivity contribution in [2.24, 2.45) is 0 Å². The van der Waals surface area contributed by atoms with Crippen LogP contribution in [0.5, 0.6) is 0 Å². The molecule has 3 aromatic rings. The molecule has 4 nitrogen and oxygen atoms in total. The minimum Gasteiger partial charge on any atom is -0.387 e. The van der Waals surface area contributed by atoms with Gasteiger partial charge in [0.1, 0.15) is 18.0 Å². The third-order valence-corrected chi connectivity index (χ3v) is 3.83. The zero-order valence-corrected chi connectivity index (χ0v) is 13.4. The van der Waals surface area contributed by atoms with Gasteiger partial charge in [-0.3, -0.25) is 0 Å². The lowest BCUT2D eigenvalue weighted by Crippen LogP contribution is -2.13. The molecule has 3 rings (SSSR count). The van der Waals surface area contributed by atoms with Crippen molar-refractivity contribution < 1.29 is 9.50 Å². The van der Waals surface area contributed by atoms with E-state index in [0.29, 0.717) is 23.6 Å². The smallest absolute Gasteiger partial charge is 0.141 e. The van der Waals surface area contributed by atoms with Gasteiger partial charge in [0, 0.05) is 18.2 Å². The molecule has 0 amide bonds. The van der Waals surface area contributed by atoms with E-state index in [1.165, 1.54) is 18.5 Å². The van der Waals surface area contributed by atoms with E-state index in [2.05, 4.69) is 15.3 Å². The fraction of sp³-hybridized carbons (Fsp3) is 0.111. The second-order valence-electron chi connectivity index (χ2n) is 5.22. The van der Waals surface area contributed by atoms with E-state index in [1.54, 1.807) is 12.1 Å². The van der Waals surface area contributed by atoms with Gasteiger partial charge in [0.25, 0.3) is 0 Å². The number of nitrogens with one attached hydrogen (secondary N) is 1. The average molecular weight is 344 g/mol. The highest BCUT2D eigenvalue weighted by Gasteiger charge is 2.09. The fourth-order valence-electron chi connectivity index (χ4n) is 2.26. The summed E-state index contributed by atoms with van der Waals surface area (Å²) in [6, 6.07) is 15.5. The van der Waals surface area contributed by atoms with Crippen molar-refractivity contribution in [1.29, 1.82) is 0 Å². The summed E-state index contributed by atoms with van der Waals surface area (Å²) in [6.45, 7) is 0.310. The Bertz CT molecular complexity index is 830. The van der Waals surface area contributed by atoms with Crippen molar-refractivity contribution in [3.05, 3.63) is 77.3 Å². The number of hydrogen-bond donors (Lipinski definition) is 2. The van der Waals surface area contributed by atoms with Gasteiger partial charge in [0.05, 0.1) is 16.8 Å². The Labute approximate surface area is 144 Å². The molecule has 0 unspecified atom stereocenters. The maximum absolute atomic E-state index is 13.3. The quantitative estimate of drug-likeness (QED) is 0.733. The van der Waals surface area contributed by atoms with Gasteiger partial charge in [0.2, 0.25) is 0 Å². The molecule has 24 heavy (non-hydrogen) atoms. The van der Waals surface area contributed by atoms with E-state index < -0.39 is 11.9 Å². The molecular formula is C18H15ClFN3O. The van der Waals surface area contributed by atoms with E-state index in [1.807, 2.05) is 30.3 Å². The minimum absolute atomic E-state index is 0.0418. The SMILES string of the molecule is O[C@@H](CNc1cc(-c2ccc(F)c(Cl)c2)ncn1)c1ccccc1. The average Bonchev–Trinajstić information content (AvgIpc) is 2.63. The molecule has 2 aromatic carbocycles. The Kier molecular flexibility index (Phi) is 5.03. The molecule has 0 saturated heterocycles. The molecule has 0 aliphatic heterocycles. The summed E-state index contributed by atoms with van der Waals surface area (Å²) in [4.78, 5) is 8.30. The standard InChI is InChI=1S/C18H15ClFN3O/c19-14-8-13(6-7-15(14)20)16-9-18(23-11-22-16)21-10-17(24)12-4-2-1-3-5-12/h1-9,11,17,24H,10H2,(H,21,22,23)/t17-/m0/s1. The van der Waals surface area contributed by atoms with Crippen molar-refractivity contribution in [3.63, 3.8) is 0 Å². The Balaban J connectivity index is 1.72. The molecule has 0 aliphatic carbocycles.